The molecule has 0 saturated heterocycles. The smallest absolute Gasteiger partial charge is 0.323 e. The molecule has 0 aliphatic rings. The van der Waals surface area contributed by atoms with Crippen molar-refractivity contribution in [2.45, 2.75) is 12.5 Å². The zero-order chi connectivity index (χ0) is 12.7. The second kappa shape index (κ2) is 6.88. The Morgan fingerprint density at radius 3 is 2.59 bits per heavy atom. The number of hydrogen-bond acceptors (Lipinski definition) is 5. The Morgan fingerprint density at radius 1 is 1.35 bits per heavy atom. The van der Waals surface area contributed by atoms with Crippen LogP contribution in [0.25, 0.3) is 0 Å². The summed E-state index contributed by atoms with van der Waals surface area (Å²) in [5.41, 5.74) is 6.57. The van der Waals surface area contributed by atoms with E-state index >= 15 is 0 Å². The van der Waals surface area contributed by atoms with E-state index in [0.29, 0.717) is 13.0 Å². The van der Waals surface area contributed by atoms with Gasteiger partial charge in [-0.1, -0.05) is 12.1 Å². The third kappa shape index (κ3) is 4.84. The van der Waals surface area contributed by atoms with E-state index in [1.54, 1.807) is 24.3 Å². The number of carbonyl (C=O) groups is 1. The van der Waals surface area contributed by atoms with Gasteiger partial charge in [0, 0.05) is 7.11 Å². The van der Waals surface area contributed by atoms with E-state index < -0.39 is 12.0 Å². The number of aromatic hydroxyl groups is 1. The molecule has 0 bridgehead atoms. The second-order valence-electron chi connectivity index (χ2n) is 3.64. The molecule has 0 radical (unpaired) electrons. The highest BCUT2D eigenvalue weighted by molar-refractivity contribution is 5.75. The van der Waals surface area contributed by atoms with Crippen LogP contribution in [0.3, 0.4) is 0 Å². The molecular weight excluding hydrogens is 222 g/mol. The minimum atomic E-state index is -0.698. The number of ether oxygens (including phenoxy) is 2. The molecule has 0 unspecified atom stereocenters. The maximum atomic E-state index is 11.4. The van der Waals surface area contributed by atoms with Crippen LogP contribution >= 0.6 is 0 Å². The van der Waals surface area contributed by atoms with Crippen LogP contribution in [0.5, 0.6) is 5.75 Å². The van der Waals surface area contributed by atoms with Crippen molar-refractivity contribution in [3.63, 3.8) is 0 Å². The van der Waals surface area contributed by atoms with Gasteiger partial charge in [0.05, 0.1) is 6.61 Å². The quantitative estimate of drug-likeness (QED) is 0.556. The maximum Gasteiger partial charge on any atom is 0.323 e. The fraction of sp³-hybridized carbons (Fsp3) is 0.417. The van der Waals surface area contributed by atoms with Gasteiger partial charge in [0.15, 0.2) is 0 Å². The summed E-state index contributed by atoms with van der Waals surface area (Å²) >= 11 is 0. The molecule has 1 aromatic rings. The summed E-state index contributed by atoms with van der Waals surface area (Å²) in [5.74, 6) is -0.264. The van der Waals surface area contributed by atoms with Gasteiger partial charge >= 0.3 is 5.97 Å². The monoisotopic (exact) mass is 239 g/mol. The second-order valence-corrected chi connectivity index (χ2v) is 3.64. The molecule has 3 N–H and O–H groups in total. The first-order chi connectivity index (χ1) is 8.13. The molecule has 5 nitrogen and oxygen atoms in total. The lowest BCUT2D eigenvalue weighted by molar-refractivity contribution is -0.146. The summed E-state index contributed by atoms with van der Waals surface area (Å²) in [6, 6.07) is 5.85. The highest BCUT2D eigenvalue weighted by atomic mass is 16.6. The number of esters is 1. The lowest BCUT2D eigenvalue weighted by Crippen LogP contribution is -2.34. The Balaban J connectivity index is 2.40. The molecule has 0 fully saturated rings. The molecule has 0 aliphatic heterocycles. The topological polar surface area (TPSA) is 81.8 Å². The van der Waals surface area contributed by atoms with Crippen molar-refractivity contribution in [3.8, 4) is 5.75 Å². The summed E-state index contributed by atoms with van der Waals surface area (Å²) in [6.07, 6.45) is 0.381. The zero-order valence-electron chi connectivity index (χ0n) is 9.76. The molecule has 0 spiro atoms. The van der Waals surface area contributed by atoms with Gasteiger partial charge in [-0.25, -0.2) is 0 Å². The average molecular weight is 239 g/mol. The number of benzene rings is 1. The number of phenols is 1. The Bertz CT molecular complexity index is 350. The average Bonchev–Trinajstić information content (AvgIpc) is 2.32. The largest absolute Gasteiger partial charge is 0.508 e. The van der Waals surface area contributed by atoms with Crippen molar-refractivity contribution in [1.29, 1.82) is 0 Å². The Hall–Kier alpha value is -1.59. The number of hydrogen-bond donors (Lipinski definition) is 2. The summed E-state index contributed by atoms with van der Waals surface area (Å²) < 4.78 is 9.66. The predicted molar refractivity (Wildman–Crippen MR) is 62.6 cm³/mol. The molecule has 1 aromatic carbocycles. The molecular formula is C12H17NO4. The minimum Gasteiger partial charge on any atom is -0.508 e. The first-order valence-electron chi connectivity index (χ1n) is 5.32. The molecule has 94 valence electrons. The fourth-order valence-corrected chi connectivity index (χ4v) is 1.30. The molecule has 5 heteroatoms. The summed E-state index contributed by atoms with van der Waals surface area (Å²) in [4.78, 5) is 11.4. The highest BCUT2D eigenvalue weighted by Gasteiger charge is 2.15. The van der Waals surface area contributed by atoms with Crippen LogP contribution in [-0.2, 0) is 20.7 Å². The number of nitrogens with two attached hydrogens (primary N) is 1. The predicted octanol–water partition coefficient (Wildman–Crippen LogP) is 0.452. The van der Waals surface area contributed by atoms with Gasteiger partial charge in [0.2, 0.25) is 0 Å². The first-order valence-corrected chi connectivity index (χ1v) is 5.32. The summed E-state index contributed by atoms with van der Waals surface area (Å²) in [6.45, 7) is 0.566. The van der Waals surface area contributed by atoms with E-state index in [1.807, 2.05) is 0 Å². The Labute approximate surface area is 100 Å². The van der Waals surface area contributed by atoms with Gasteiger partial charge < -0.3 is 20.3 Å². The van der Waals surface area contributed by atoms with Crippen LogP contribution in [0.1, 0.15) is 5.56 Å². The van der Waals surface area contributed by atoms with Crippen molar-refractivity contribution in [2.75, 3.05) is 20.3 Å². The van der Waals surface area contributed by atoms with E-state index in [1.165, 1.54) is 7.11 Å². The van der Waals surface area contributed by atoms with Gasteiger partial charge in [0.25, 0.3) is 0 Å². The van der Waals surface area contributed by atoms with Gasteiger partial charge in [-0.15, -0.1) is 0 Å². The maximum absolute atomic E-state index is 11.4. The third-order valence-corrected chi connectivity index (χ3v) is 2.23. The SMILES string of the molecule is COCCOC(=O)[C@H](N)Cc1ccc(O)cc1. The molecule has 0 saturated carbocycles. The van der Waals surface area contributed by atoms with Crippen LogP contribution in [0.4, 0.5) is 0 Å². The number of phenolic OH excluding ortho intramolecular Hbond substituents is 1. The van der Waals surface area contributed by atoms with Crippen molar-refractivity contribution >= 4 is 5.97 Å². The number of carbonyl (C=O) groups excluding carboxylic acids is 1. The molecule has 1 atom stereocenters. The normalized spacial score (nSPS) is 12.1. The van der Waals surface area contributed by atoms with E-state index in [4.69, 9.17) is 20.3 Å². The highest BCUT2D eigenvalue weighted by Crippen LogP contribution is 2.11. The Kier molecular flexibility index (Phi) is 5.45. The van der Waals surface area contributed by atoms with E-state index in [0.717, 1.165) is 5.56 Å². The van der Waals surface area contributed by atoms with Crippen LogP contribution in [-0.4, -0.2) is 37.4 Å². The van der Waals surface area contributed by atoms with Crippen LogP contribution in [0.15, 0.2) is 24.3 Å². The van der Waals surface area contributed by atoms with E-state index in [2.05, 4.69) is 0 Å². The molecule has 1 rings (SSSR count). The standard InChI is InChI=1S/C12H17NO4/c1-16-6-7-17-12(15)11(13)8-9-2-4-10(14)5-3-9/h2-5,11,14H,6-8,13H2,1H3/t11-/m1/s1. The number of methoxy groups -OCH3 is 1. The minimum absolute atomic E-state index is 0.185. The Morgan fingerprint density at radius 2 is 2.00 bits per heavy atom. The van der Waals surface area contributed by atoms with Crippen molar-refractivity contribution in [2.24, 2.45) is 5.73 Å². The van der Waals surface area contributed by atoms with Crippen molar-refractivity contribution < 1.29 is 19.4 Å². The van der Waals surface area contributed by atoms with Crippen LogP contribution in [0.2, 0.25) is 0 Å². The van der Waals surface area contributed by atoms with Crippen LogP contribution in [0, 0.1) is 0 Å². The zero-order valence-corrected chi connectivity index (χ0v) is 9.76. The lowest BCUT2D eigenvalue weighted by Gasteiger charge is -2.11. The third-order valence-electron chi connectivity index (χ3n) is 2.23. The molecule has 0 heterocycles. The van der Waals surface area contributed by atoms with Crippen molar-refractivity contribution in [3.05, 3.63) is 29.8 Å². The van der Waals surface area contributed by atoms with E-state index in [9.17, 15) is 4.79 Å². The molecule has 0 amide bonds. The lowest BCUT2D eigenvalue weighted by atomic mass is 10.1. The van der Waals surface area contributed by atoms with Gasteiger partial charge in [-0.3, -0.25) is 4.79 Å². The summed E-state index contributed by atoms with van der Waals surface area (Å²) in [5, 5.41) is 9.11. The van der Waals surface area contributed by atoms with E-state index in [-0.39, 0.29) is 12.4 Å². The fourth-order valence-electron chi connectivity index (χ4n) is 1.30. The summed E-state index contributed by atoms with van der Waals surface area (Å²) in [7, 11) is 1.53. The van der Waals surface area contributed by atoms with Gasteiger partial charge in [-0.05, 0) is 24.1 Å². The molecule has 17 heavy (non-hydrogen) atoms. The number of rotatable bonds is 6. The molecule has 0 aromatic heterocycles. The first kappa shape index (κ1) is 13.5. The van der Waals surface area contributed by atoms with Gasteiger partial charge in [-0.2, -0.15) is 0 Å². The van der Waals surface area contributed by atoms with Gasteiger partial charge in [0.1, 0.15) is 18.4 Å². The van der Waals surface area contributed by atoms with Crippen LogP contribution < -0.4 is 5.73 Å². The van der Waals surface area contributed by atoms with Crippen molar-refractivity contribution in [1.82, 2.24) is 0 Å². The molecule has 0 aliphatic carbocycles.